The molecule has 0 atom stereocenters. The quantitative estimate of drug-likeness (QED) is 0.140. The van der Waals surface area contributed by atoms with Gasteiger partial charge in [0.1, 0.15) is 0 Å². The van der Waals surface area contributed by atoms with Crippen LogP contribution in [-0.2, 0) is 23.3 Å². The summed E-state index contributed by atoms with van der Waals surface area (Å²) in [6.07, 6.45) is 0. The van der Waals surface area contributed by atoms with Crippen molar-refractivity contribution in [3.05, 3.63) is 156 Å². The van der Waals surface area contributed by atoms with Crippen molar-refractivity contribution in [2.75, 3.05) is 0 Å². The van der Waals surface area contributed by atoms with E-state index in [0.29, 0.717) is 5.92 Å². The molecule has 0 saturated carbocycles. The Bertz CT molecular complexity index is 2010. The summed E-state index contributed by atoms with van der Waals surface area (Å²) in [4.78, 5) is 0. The second kappa shape index (κ2) is 18.0. The molecule has 0 nitrogen and oxygen atoms in total. The molecule has 0 heterocycles. The molecule has 0 aromatic heterocycles. The van der Waals surface area contributed by atoms with Gasteiger partial charge in [0.25, 0.3) is 0 Å². The average molecular weight is 749 g/mol. The van der Waals surface area contributed by atoms with Crippen LogP contribution in [0, 0.1) is 13.8 Å². The van der Waals surface area contributed by atoms with Crippen molar-refractivity contribution in [1.82, 2.24) is 0 Å². The van der Waals surface area contributed by atoms with Crippen molar-refractivity contribution in [1.29, 1.82) is 0 Å². The zero-order valence-corrected chi connectivity index (χ0v) is 33.1. The Hall–Kier alpha value is -3.00. The number of hydrogen-bond acceptors (Lipinski definition) is 0. The van der Waals surface area contributed by atoms with Crippen LogP contribution in [0.4, 0.5) is 0 Å². The van der Waals surface area contributed by atoms with Crippen LogP contribution in [0.2, 0.25) is 13.1 Å². The van der Waals surface area contributed by atoms with Crippen LogP contribution in [-0.4, -0.2) is 5.43 Å². The smallest absolute Gasteiger partial charge is 0.0277 e. The third-order valence-corrected chi connectivity index (χ3v) is 7.96. The summed E-state index contributed by atoms with van der Waals surface area (Å²) in [5, 5.41) is 5.37. The molecule has 0 aliphatic rings. The first-order chi connectivity index (χ1) is 21.7. The Morgan fingerprint density at radius 3 is 1.68 bits per heavy atom. The van der Waals surface area contributed by atoms with E-state index in [4.69, 9.17) is 0 Å². The van der Waals surface area contributed by atoms with E-state index in [9.17, 15) is 0 Å². The summed E-state index contributed by atoms with van der Waals surface area (Å²) in [7, 11) is 0. The number of benzene rings is 5. The van der Waals surface area contributed by atoms with Crippen molar-refractivity contribution < 1.29 is 48.1 Å². The number of aryl methyl sites for hydroxylation is 2. The molecule has 47 heavy (non-hydrogen) atoms. The minimum Gasteiger partial charge on any atom is -1.00 e. The first-order valence-corrected chi connectivity index (χ1v) is 22.0. The molecule has 0 amide bonds. The van der Waals surface area contributed by atoms with E-state index in [-0.39, 0.29) is 30.2 Å². The fraction of sp³-hybridized carbons (Fsp3) is 0.163. The van der Waals surface area contributed by atoms with Crippen molar-refractivity contribution in [2.24, 2.45) is 0 Å². The van der Waals surface area contributed by atoms with E-state index in [2.05, 4.69) is 180 Å². The van der Waals surface area contributed by atoms with Crippen LogP contribution in [0.3, 0.4) is 0 Å². The number of rotatable bonds is 4. The third kappa shape index (κ3) is 10.0. The molecule has 0 unspecified atom stereocenters. The molecule has 0 saturated heterocycles. The minimum atomic E-state index is 0. The van der Waals surface area contributed by atoms with Crippen LogP contribution in [0.15, 0.2) is 140 Å². The molecular formula is C43H42Cl2SiZr-2. The van der Waals surface area contributed by atoms with Crippen LogP contribution in [0.5, 0.6) is 0 Å². The zero-order chi connectivity index (χ0) is 31.9. The van der Waals surface area contributed by atoms with Gasteiger partial charge in [-0.15, -0.1) is 63.0 Å². The summed E-state index contributed by atoms with van der Waals surface area (Å²) >= 11 is 1.74. The van der Waals surface area contributed by atoms with Gasteiger partial charge in [-0.2, -0.15) is 12.1 Å². The number of hydrogen-bond donors (Lipinski definition) is 0. The standard InChI is InChI=1S/C22H17.C19H19.C2H6Si.2ClH.Zr/c1-16-12-20-14-19(17-8-4-2-5-9-17)15-22(21(20)13-16)18-10-6-3-7-11-18;1-13(2)17-11-16-5-4-6-18(19(16)12-17)15-9-7-14(3)8-10-15;1-3-2;;;/h2-15H,1H3;4-13H,1-3H3;1-2H3;2*1H;/q2*-1;;;;+2/p-2. The second-order valence-corrected chi connectivity index (χ2v) is 21.8. The summed E-state index contributed by atoms with van der Waals surface area (Å²) in [5.41, 5.74) is 12.0. The van der Waals surface area contributed by atoms with Crippen LogP contribution in [0.25, 0.3) is 54.9 Å². The van der Waals surface area contributed by atoms with Crippen LogP contribution >= 0.6 is 0 Å². The Kier molecular flexibility index (Phi) is 14.7. The molecular weight excluding hydrogens is 707 g/mol. The molecule has 0 aliphatic heterocycles. The Morgan fingerprint density at radius 1 is 0.532 bits per heavy atom. The topological polar surface area (TPSA) is 0 Å². The molecule has 0 N–H and O–H groups in total. The fourth-order valence-electron chi connectivity index (χ4n) is 5.70. The van der Waals surface area contributed by atoms with E-state index in [1.165, 1.54) is 71.6 Å². The largest absolute Gasteiger partial charge is 1.00 e. The maximum Gasteiger partial charge on any atom is -0.0277 e. The van der Waals surface area contributed by atoms with Crippen LogP contribution < -0.4 is 24.8 Å². The van der Waals surface area contributed by atoms with Gasteiger partial charge in [-0.3, -0.25) is 0 Å². The van der Waals surface area contributed by atoms with Gasteiger partial charge in [0.05, 0.1) is 0 Å². The van der Waals surface area contributed by atoms with Crippen molar-refractivity contribution in [2.45, 2.75) is 46.7 Å². The predicted molar refractivity (Wildman–Crippen MR) is 196 cm³/mol. The van der Waals surface area contributed by atoms with E-state index >= 15 is 0 Å². The van der Waals surface area contributed by atoms with E-state index in [0.717, 1.165) is 0 Å². The van der Waals surface area contributed by atoms with Crippen molar-refractivity contribution in [3.8, 4) is 33.4 Å². The van der Waals surface area contributed by atoms with E-state index in [1.807, 2.05) is 0 Å². The van der Waals surface area contributed by atoms with Gasteiger partial charge in [-0.25, -0.2) is 0 Å². The Balaban J connectivity index is 0.000000223. The predicted octanol–water partition coefficient (Wildman–Crippen LogP) is 6.65. The number of fused-ring (bicyclic) bond motifs is 2. The first-order valence-electron chi connectivity index (χ1n) is 15.8. The molecule has 7 rings (SSSR count). The normalized spacial score (nSPS) is 10.3. The van der Waals surface area contributed by atoms with Gasteiger partial charge in [0.2, 0.25) is 0 Å². The Labute approximate surface area is 309 Å². The molecule has 7 aromatic carbocycles. The van der Waals surface area contributed by atoms with Gasteiger partial charge in [-0.05, 0) is 29.5 Å². The molecule has 0 aliphatic carbocycles. The van der Waals surface area contributed by atoms with Crippen molar-refractivity contribution >= 4 is 27.0 Å². The molecule has 4 heteroatoms. The summed E-state index contributed by atoms with van der Waals surface area (Å²) < 4.78 is 0. The number of halogens is 2. The fourth-order valence-corrected chi connectivity index (χ4v) is 5.70. The third-order valence-electron chi connectivity index (χ3n) is 7.96. The van der Waals surface area contributed by atoms with E-state index < -0.39 is 0 Å². The monoisotopic (exact) mass is 746 g/mol. The van der Waals surface area contributed by atoms with Gasteiger partial charge in [0, 0.05) is 0 Å². The van der Waals surface area contributed by atoms with Gasteiger partial charge in [0.15, 0.2) is 0 Å². The van der Waals surface area contributed by atoms with Gasteiger partial charge >= 0.3 is 41.9 Å². The first kappa shape index (κ1) is 38.4. The van der Waals surface area contributed by atoms with Crippen LogP contribution in [0.1, 0.15) is 36.5 Å². The maximum atomic E-state index is 2.34. The van der Waals surface area contributed by atoms with Crippen molar-refractivity contribution in [3.63, 3.8) is 0 Å². The molecule has 0 spiro atoms. The summed E-state index contributed by atoms with van der Waals surface area (Å²) in [6.45, 7) is 13.4. The van der Waals surface area contributed by atoms with Gasteiger partial charge in [-0.1, -0.05) is 140 Å². The second-order valence-electron chi connectivity index (χ2n) is 12.4. The molecule has 0 fully saturated rings. The SMILES string of the molecule is C[Si](C)=[Zr+2].Cc1cc2c(-c3ccccc3)cc(-c3ccccc3)cc2[cH-]1.Cc1ccc(-c2cccc3[cH-]c(C(C)C)cc23)cc1.[Cl-].[Cl-]. The molecule has 238 valence electrons. The zero-order valence-electron chi connectivity index (χ0n) is 28.1. The summed E-state index contributed by atoms with van der Waals surface area (Å²) in [6, 6.07) is 50.4. The minimum absolute atomic E-state index is 0. The molecule has 0 bridgehead atoms. The molecule has 7 aromatic rings. The van der Waals surface area contributed by atoms with E-state index in [1.54, 1.807) is 23.3 Å². The maximum absolute atomic E-state index is 2.34. The average Bonchev–Trinajstić information content (AvgIpc) is 3.65. The Morgan fingerprint density at radius 2 is 1.09 bits per heavy atom. The van der Waals surface area contributed by atoms with Gasteiger partial charge < -0.3 is 24.8 Å². The molecule has 0 radical (unpaired) electrons. The summed E-state index contributed by atoms with van der Waals surface area (Å²) in [5.74, 6) is 0.582.